The number of benzene rings is 2. The van der Waals surface area contributed by atoms with Crippen LogP contribution in [-0.4, -0.2) is 13.2 Å². The van der Waals surface area contributed by atoms with Crippen molar-refractivity contribution in [3.05, 3.63) is 60.2 Å². The van der Waals surface area contributed by atoms with Gasteiger partial charge in [0.25, 0.3) is 0 Å². The molecule has 0 bridgehead atoms. The zero-order valence-electron chi connectivity index (χ0n) is 16.1. The van der Waals surface area contributed by atoms with E-state index in [1.54, 1.807) is 0 Å². The molecule has 1 radical (unpaired) electrons. The Kier molecular flexibility index (Phi) is 9.30. The fourth-order valence-corrected chi connectivity index (χ4v) is 3.06. The maximum Gasteiger partial charge on any atom is 0.416 e. The molecule has 0 amide bonds. The normalized spacial score (nSPS) is 11.6. The predicted molar refractivity (Wildman–Crippen MR) is 101 cm³/mol. The molecule has 0 saturated heterocycles. The Morgan fingerprint density at radius 1 is 1.00 bits per heavy atom. The molecule has 2 nitrogen and oxygen atoms in total. The summed E-state index contributed by atoms with van der Waals surface area (Å²) in [6, 6.07) is 15.9. The molecule has 2 rings (SSSR count). The van der Waals surface area contributed by atoms with Gasteiger partial charge in [-0.05, 0) is 36.1 Å². The molecule has 0 aromatic heterocycles. The number of alkyl halides is 3. The SMILES string of the molecule is CCCC(C)(C)CN(CNc1ccc(C(F)(F)F)cc1)c1cc[c-]cc1.[Y]. The summed E-state index contributed by atoms with van der Waals surface area (Å²) in [5, 5.41) is 3.23. The van der Waals surface area contributed by atoms with Gasteiger partial charge in [0.1, 0.15) is 0 Å². The summed E-state index contributed by atoms with van der Waals surface area (Å²) in [4.78, 5) is 2.21. The molecular weight excluding hydrogens is 426 g/mol. The van der Waals surface area contributed by atoms with Crippen LogP contribution in [0.15, 0.2) is 48.5 Å². The van der Waals surface area contributed by atoms with Crippen LogP contribution in [-0.2, 0) is 38.9 Å². The Balaban J connectivity index is 0.00000364. The van der Waals surface area contributed by atoms with Crippen LogP contribution in [0.25, 0.3) is 0 Å². The van der Waals surface area contributed by atoms with Gasteiger partial charge in [0, 0.05) is 44.9 Å². The number of hydrogen-bond donors (Lipinski definition) is 1. The Labute approximate surface area is 185 Å². The number of nitrogens with one attached hydrogen (secondary N) is 1. The van der Waals surface area contributed by atoms with Crippen molar-refractivity contribution < 1.29 is 45.9 Å². The Hall–Kier alpha value is -1.07. The standard InChI is InChI=1S/C21H26F3N2.Y/c1-4-14-20(2,3)15-26(19-8-6-5-7-9-19)16-25-18-12-10-17(11-13-18)21(22,23)24;/h6-13,25H,4,14-16H2,1-3H3;/q-1;. The smallest absolute Gasteiger partial charge is 0.376 e. The molecule has 0 fully saturated rings. The van der Waals surface area contributed by atoms with E-state index in [0.717, 1.165) is 37.2 Å². The first-order valence-corrected chi connectivity index (χ1v) is 8.83. The van der Waals surface area contributed by atoms with E-state index in [0.29, 0.717) is 12.4 Å². The molecule has 2 aromatic rings. The monoisotopic (exact) mass is 452 g/mol. The molecule has 145 valence electrons. The molecule has 2 aromatic carbocycles. The molecule has 0 spiro atoms. The van der Waals surface area contributed by atoms with Crippen LogP contribution in [0.3, 0.4) is 0 Å². The third-order valence-electron chi connectivity index (χ3n) is 4.30. The van der Waals surface area contributed by atoms with Crippen molar-refractivity contribution in [2.75, 3.05) is 23.4 Å². The molecular formula is C21H26F3N2Y-. The van der Waals surface area contributed by atoms with Crippen molar-refractivity contribution in [3.63, 3.8) is 0 Å². The Morgan fingerprint density at radius 2 is 1.59 bits per heavy atom. The van der Waals surface area contributed by atoms with Gasteiger partial charge in [-0.1, -0.05) is 32.9 Å². The molecule has 0 unspecified atom stereocenters. The van der Waals surface area contributed by atoms with E-state index in [-0.39, 0.29) is 38.1 Å². The first kappa shape index (κ1) is 24.0. The average molecular weight is 452 g/mol. The molecule has 6 heteroatoms. The zero-order chi connectivity index (χ0) is 19.2. The van der Waals surface area contributed by atoms with E-state index < -0.39 is 11.7 Å². The summed E-state index contributed by atoms with van der Waals surface area (Å²) < 4.78 is 38.0. The number of halogens is 3. The summed E-state index contributed by atoms with van der Waals surface area (Å²) in [5.74, 6) is 0. The average Bonchev–Trinajstić information content (AvgIpc) is 2.59. The zero-order valence-corrected chi connectivity index (χ0v) is 18.9. The van der Waals surface area contributed by atoms with Crippen molar-refractivity contribution in [1.82, 2.24) is 0 Å². The van der Waals surface area contributed by atoms with Gasteiger partial charge in [0.15, 0.2) is 0 Å². The van der Waals surface area contributed by atoms with Crippen LogP contribution in [0.1, 0.15) is 39.2 Å². The van der Waals surface area contributed by atoms with Gasteiger partial charge in [0.2, 0.25) is 0 Å². The van der Waals surface area contributed by atoms with Crippen LogP contribution < -0.4 is 10.2 Å². The first-order valence-electron chi connectivity index (χ1n) is 8.83. The van der Waals surface area contributed by atoms with Crippen LogP contribution in [0.4, 0.5) is 24.5 Å². The van der Waals surface area contributed by atoms with Crippen molar-refractivity contribution in [3.8, 4) is 0 Å². The van der Waals surface area contributed by atoms with Crippen LogP contribution in [0.2, 0.25) is 0 Å². The van der Waals surface area contributed by atoms with Gasteiger partial charge in [0.05, 0.1) is 12.2 Å². The minimum atomic E-state index is -4.31. The quantitative estimate of drug-likeness (QED) is 0.379. The first-order chi connectivity index (χ1) is 12.2. The molecule has 0 aliphatic heterocycles. The van der Waals surface area contributed by atoms with Crippen LogP contribution in [0.5, 0.6) is 0 Å². The van der Waals surface area contributed by atoms with Crippen molar-refractivity contribution >= 4 is 11.4 Å². The van der Waals surface area contributed by atoms with Crippen LogP contribution in [0, 0.1) is 11.5 Å². The molecule has 0 aliphatic rings. The number of nitrogens with zero attached hydrogens (tertiary/aromatic N) is 1. The maximum absolute atomic E-state index is 12.7. The summed E-state index contributed by atoms with van der Waals surface area (Å²) in [6.45, 7) is 8.00. The molecule has 0 saturated carbocycles. The van der Waals surface area contributed by atoms with Gasteiger partial charge in [-0.25, -0.2) is 0 Å². The molecule has 0 heterocycles. The van der Waals surface area contributed by atoms with Crippen molar-refractivity contribution in [1.29, 1.82) is 0 Å². The van der Waals surface area contributed by atoms with E-state index >= 15 is 0 Å². The van der Waals surface area contributed by atoms with Gasteiger partial charge in [-0.3, -0.25) is 0 Å². The topological polar surface area (TPSA) is 15.3 Å². The van der Waals surface area contributed by atoms with Crippen molar-refractivity contribution in [2.24, 2.45) is 5.41 Å². The number of rotatable bonds is 8. The molecule has 0 aliphatic carbocycles. The van der Waals surface area contributed by atoms with Gasteiger partial charge >= 0.3 is 6.18 Å². The van der Waals surface area contributed by atoms with Crippen molar-refractivity contribution in [2.45, 2.75) is 39.8 Å². The van der Waals surface area contributed by atoms with Gasteiger partial charge in [-0.15, -0.1) is 12.1 Å². The minimum absolute atomic E-state index is 0. The number of hydrogen-bond acceptors (Lipinski definition) is 2. The summed E-state index contributed by atoms with van der Waals surface area (Å²) >= 11 is 0. The summed E-state index contributed by atoms with van der Waals surface area (Å²) in [5.41, 5.74) is 1.23. The second-order valence-electron chi connectivity index (χ2n) is 7.28. The predicted octanol–water partition coefficient (Wildman–Crippen LogP) is 6.21. The minimum Gasteiger partial charge on any atom is -0.376 e. The van der Waals surface area contributed by atoms with E-state index in [1.807, 2.05) is 24.3 Å². The third-order valence-corrected chi connectivity index (χ3v) is 4.30. The second-order valence-corrected chi connectivity index (χ2v) is 7.28. The third kappa shape index (κ3) is 7.83. The van der Waals surface area contributed by atoms with Crippen LogP contribution >= 0.6 is 0 Å². The Morgan fingerprint density at radius 3 is 2.11 bits per heavy atom. The molecule has 1 N–H and O–H groups in total. The molecule has 0 atom stereocenters. The Bertz CT molecular complexity index is 670. The largest absolute Gasteiger partial charge is 0.416 e. The van der Waals surface area contributed by atoms with Gasteiger partial charge in [-0.2, -0.15) is 31.4 Å². The fourth-order valence-electron chi connectivity index (χ4n) is 3.06. The van der Waals surface area contributed by atoms with E-state index in [2.05, 4.69) is 37.1 Å². The van der Waals surface area contributed by atoms with E-state index in [9.17, 15) is 13.2 Å². The van der Waals surface area contributed by atoms with Gasteiger partial charge < -0.3 is 10.2 Å². The maximum atomic E-state index is 12.7. The second kappa shape index (κ2) is 10.5. The fraction of sp³-hybridized carbons (Fsp3) is 0.429. The number of anilines is 2. The summed E-state index contributed by atoms with van der Waals surface area (Å²) in [7, 11) is 0. The summed E-state index contributed by atoms with van der Waals surface area (Å²) in [6.07, 6.45) is -2.10. The van der Waals surface area contributed by atoms with E-state index in [1.165, 1.54) is 12.1 Å². The molecule has 27 heavy (non-hydrogen) atoms. The van der Waals surface area contributed by atoms with E-state index in [4.69, 9.17) is 0 Å².